The minimum absolute atomic E-state index is 0.0676. The highest BCUT2D eigenvalue weighted by Crippen LogP contribution is 2.40. The third kappa shape index (κ3) is 3.46. The number of sulfone groups is 1. The van der Waals surface area contributed by atoms with E-state index >= 15 is 0 Å². The fourth-order valence-corrected chi connectivity index (χ4v) is 6.22. The Bertz CT molecular complexity index is 527. The Morgan fingerprint density at radius 2 is 1.95 bits per heavy atom. The summed E-state index contributed by atoms with van der Waals surface area (Å²) in [6, 6.07) is 0. The van der Waals surface area contributed by atoms with Crippen molar-refractivity contribution in [1.82, 2.24) is 4.90 Å². The predicted octanol–water partition coefficient (Wildman–Crippen LogP) is 1.18. The molecule has 0 bridgehead atoms. The predicted molar refractivity (Wildman–Crippen MR) is 85.3 cm³/mol. The molecule has 21 heavy (non-hydrogen) atoms. The molecule has 2 atom stereocenters. The van der Waals surface area contributed by atoms with E-state index in [1.54, 1.807) is 25.6 Å². The summed E-state index contributed by atoms with van der Waals surface area (Å²) in [4.78, 5) is 14.5. The summed E-state index contributed by atoms with van der Waals surface area (Å²) < 4.78 is 29.8. The summed E-state index contributed by atoms with van der Waals surface area (Å²) in [5.74, 6) is 1.25. The van der Waals surface area contributed by atoms with Gasteiger partial charge in [-0.2, -0.15) is 11.8 Å². The van der Waals surface area contributed by atoms with E-state index < -0.39 is 26.4 Å². The Hall–Kier alpha value is -0.110. The lowest BCUT2D eigenvalue weighted by atomic mass is 9.85. The summed E-state index contributed by atoms with van der Waals surface area (Å²) in [5.41, 5.74) is -1.35. The first-order valence-electron chi connectivity index (χ1n) is 7.20. The van der Waals surface area contributed by atoms with Crippen LogP contribution in [-0.2, 0) is 19.4 Å². The van der Waals surface area contributed by atoms with Crippen molar-refractivity contribution in [2.75, 3.05) is 30.9 Å². The third-order valence-electron chi connectivity index (χ3n) is 4.37. The summed E-state index contributed by atoms with van der Waals surface area (Å²) in [7, 11) is -3.15. The highest BCUT2D eigenvalue weighted by atomic mass is 32.2. The van der Waals surface area contributed by atoms with Crippen LogP contribution in [0.15, 0.2) is 0 Å². The number of rotatable bonds is 3. The van der Waals surface area contributed by atoms with Crippen LogP contribution in [0.3, 0.4) is 0 Å². The van der Waals surface area contributed by atoms with Crippen molar-refractivity contribution < 1.29 is 17.9 Å². The smallest absolute Gasteiger partial charge is 0.171 e. The maximum atomic E-state index is 12.6. The molecule has 0 aromatic carbocycles. The molecule has 2 aliphatic heterocycles. The maximum absolute atomic E-state index is 12.6. The van der Waals surface area contributed by atoms with Gasteiger partial charge in [-0.15, -0.1) is 0 Å². The number of carbonyl (C=O) groups is 1. The number of ether oxygens (including phenoxy) is 1. The molecule has 0 spiro atoms. The Morgan fingerprint density at radius 3 is 2.43 bits per heavy atom. The third-order valence-corrected chi connectivity index (χ3v) is 7.06. The first kappa shape index (κ1) is 17.2. The van der Waals surface area contributed by atoms with Crippen LogP contribution in [0.1, 0.15) is 27.7 Å². The lowest BCUT2D eigenvalue weighted by molar-refractivity contribution is -0.132. The summed E-state index contributed by atoms with van der Waals surface area (Å²) in [6.45, 7) is 8.56. The molecule has 0 N–H and O–H groups in total. The highest BCUT2D eigenvalue weighted by Gasteiger charge is 2.54. The van der Waals surface area contributed by atoms with Crippen LogP contribution in [0.5, 0.6) is 0 Å². The second-order valence-electron chi connectivity index (χ2n) is 6.99. The molecule has 2 aliphatic rings. The van der Waals surface area contributed by atoms with Gasteiger partial charge in [-0.1, -0.05) is 0 Å². The van der Waals surface area contributed by atoms with Crippen molar-refractivity contribution in [3.05, 3.63) is 0 Å². The number of thioether (sulfide) groups is 1. The second-order valence-corrected chi connectivity index (χ2v) is 10.3. The molecule has 0 aromatic heterocycles. The molecule has 2 heterocycles. The Kier molecular flexibility index (Phi) is 4.53. The zero-order valence-electron chi connectivity index (χ0n) is 13.4. The molecule has 2 fully saturated rings. The molecule has 2 rings (SSSR count). The van der Waals surface area contributed by atoms with Crippen molar-refractivity contribution in [3.8, 4) is 0 Å². The largest absolute Gasteiger partial charge is 0.361 e. The minimum atomic E-state index is -3.15. The molecule has 2 saturated heterocycles. The standard InChI is InChI=1S/C14H25NO4S2/c1-13(2)10(12(16)14(3,4)19-13)8-15-6-7-20-9-11(15)21(5,17)18/h10-11H,6-9H2,1-5H3. The normalized spacial score (nSPS) is 33.3. The second kappa shape index (κ2) is 5.51. The fourth-order valence-electron chi connectivity index (χ4n) is 3.27. The number of hydrogen-bond donors (Lipinski definition) is 0. The molecule has 0 radical (unpaired) electrons. The average molecular weight is 335 g/mol. The van der Waals surface area contributed by atoms with Gasteiger partial charge in [0.2, 0.25) is 0 Å². The quantitative estimate of drug-likeness (QED) is 0.772. The lowest BCUT2D eigenvalue weighted by Gasteiger charge is -2.37. The van der Waals surface area contributed by atoms with Gasteiger partial charge in [-0.3, -0.25) is 9.69 Å². The summed E-state index contributed by atoms with van der Waals surface area (Å²) in [6.07, 6.45) is 1.28. The first-order chi connectivity index (χ1) is 9.45. The summed E-state index contributed by atoms with van der Waals surface area (Å²) >= 11 is 1.66. The minimum Gasteiger partial charge on any atom is -0.361 e. The van der Waals surface area contributed by atoms with Gasteiger partial charge in [0, 0.05) is 30.9 Å². The molecular weight excluding hydrogens is 310 g/mol. The number of Topliss-reactive ketones (excluding diaryl/α,β-unsaturated/α-hetero) is 1. The number of hydrogen-bond acceptors (Lipinski definition) is 6. The first-order valence-corrected chi connectivity index (χ1v) is 10.3. The molecule has 122 valence electrons. The monoisotopic (exact) mass is 335 g/mol. The van der Waals surface area contributed by atoms with Crippen molar-refractivity contribution in [2.45, 2.75) is 44.3 Å². The molecular formula is C14H25NO4S2. The number of ketones is 1. The van der Waals surface area contributed by atoms with Crippen molar-refractivity contribution in [2.24, 2.45) is 5.92 Å². The van der Waals surface area contributed by atoms with Crippen molar-refractivity contribution in [1.29, 1.82) is 0 Å². The molecule has 7 heteroatoms. The van der Waals surface area contributed by atoms with E-state index in [4.69, 9.17) is 4.74 Å². The van der Waals surface area contributed by atoms with Crippen LogP contribution in [0.25, 0.3) is 0 Å². The zero-order valence-corrected chi connectivity index (χ0v) is 15.0. The van der Waals surface area contributed by atoms with Crippen LogP contribution in [0.4, 0.5) is 0 Å². The molecule has 0 aliphatic carbocycles. The maximum Gasteiger partial charge on any atom is 0.171 e. The molecule has 5 nitrogen and oxygen atoms in total. The lowest BCUT2D eigenvalue weighted by Crippen LogP contribution is -2.51. The van der Waals surface area contributed by atoms with Crippen LogP contribution >= 0.6 is 11.8 Å². The number of nitrogens with zero attached hydrogens (tertiary/aromatic N) is 1. The Morgan fingerprint density at radius 1 is 1.33 bits per heavy atom. The van der Waals surface area contributed by atoms with Gasteiger partial charge >= 0.3 is 0 Å². The van der Waals surface area contributed by atoms with Gasteiger partial charge in [0.25, 0.3) is 0 Å². The van der Waals surface area contributed by atoms with Crippen LogP contribution < -0.4 is 0 Å². The topological polar surface area (TPSA) is 63.7 Å². The van der Waals surface area contributed by atoms with E-state index in [2.05, 4.69) is 0 Å². The van der Waals surface area contributed by atoms with E-state index in [1.807, 2.05) is 18.7 Å². The molecule has 2 unspecified atom stereocenters. The van der Waals surface area contributed by atoms with Gasteiger partial charge in [0.1, 0.15) is 11.0 Å². The Labute approximate surface area is 131 Å². The van der Waals surface area contributed by atoms with Gasteiger partial charge in [0.05, 0.1) is 11.5 Å². The zero-order chi connectivity index (χ0) is 16.1. The molecule has 0 aromatic rings. The Balaban J connectivity index is 2.21. The summed E-state index contributed by atoms with van der Waals surface area (Å²) in [5, 5.41) is -0.497. The van der Waals surface area contributed by atoms with Crippen molar-refractivity contribution >= 4 is 27.4 Å². The van der Waals surface area contributed by atoms with Crippen molar-refractivity contribution in [3.63, 3.8) is 0 Å². The van der Waals surface area contributed by atoms with Gasteiger partial charge in [0.15, 0.2) is 15.6 Å². The van der Waals surface area contributed by atoms with E-state index in [-0.39, 0.29) is 11.7 Å². The van der Waals surface area contributed by atoms with Crippen LogP contribution in [0, 0.1) is 5.92 Å². The highest BCUT2D eigenvalue weighted by molar-refractivity contribution is 8.00. The van der Waals surface area contributed by atoms with Crippen LogP contribution in [0.2, 0.25) is 0 Å². The van der Waals surface area contributed by atoms with E-state index in [1.165, 1.54) is 6.26 Å². The van der Waals surface area contributed by atoms with E-state index in [0.29, 0.717) is 18.8 Å². The molecule has 0 saturated carbocycles. The fraction of sp³-hybridized carbons (Fsp3) is 0.929. The van der Waals surface area contributed by atoms with Gasteiger partial charge < -0.3 is 4.74 Å². The van der Waals surface area contributed by atoms with E-state index in [0.717, 1.165) is 5.75 Å². The van der Waals surface area contributed by atoms with Gasteiger partial charge in [-0.25, -0.2) is 8.42 Å². The van der Waals surface area contributed by atoms with Crippen LogP contribution in [-0.4, -0.2) is 66.5 Å². The molecule has 0 amide bonds. The number of carbonyl (C=O) groups excluding carboxylic acids is 1. The van der Waals surface area contributed by atoms with Gasteiger partial charge in [-0.05, 0) is 27.7 Å². The SMILES string of the molecule is CC1(C)OC(C)(C)C(CN2CCSCC2S(C)(=O)=O)C1=O. The van der Waals surface area contributed by atoms with E-state index in [9.17, 15) is 13.2 Å². The average Bonchev–Trinajstić information content (AvgIpc) is 2.47.